The van der Waals surface area contributed by atoms with E-state index >= 15 is 0 Å². The zero-order valence-corrected chi connectivity index (χ0v) is 15.3. The molecule has 122 valence electrons. The van der Waals surface area contributed by atoms with Gasteiger partial charge >= 0.3 is 0 Å². The minimum absolute atomic E-state index is 0.102. The molecule has 0 saturated carbocycles. The molecule has 23 heavy (non-hydrogen) atoms. The van der Waals surface area contributed by atoms with Gasteiger partial charge in [0.1, 0.15) is 0 Å². The molecule has 0 heterocycles. The Morgan fingerprint density at radius 2 is 1.70 bits per heavy atom. The Hall–Kier alpha value is -2.01. The van der Waals surface area contributed by atoms with Crippen LogP contribution in [0.3, 0.4) is 0 Å². The van der Waals surface area contributed by atoms with Crippen LogP contribution in [0.1, 0.15) is 27.0 Å². The van der Waals surface area contributed by atoms with E-state index < -0.39 is 0 Å². The number of hydrogen-bond acceptors (Lipinski definition) is 3. The van der Waals surface area contributed by atoms with E-state index in [0.717, 1.165) is 15.6 Å². The monoisotopic (exact) mass is 377 g/mol. The summed E-state index contributed by atoms with van der Waals surface area (Å²) in [6.07, 6.45) is 0. The third-order valence-electron chi connectivity index (χ3n) is 3.76. The fraction of sp³-hybridized carbons (Fsp3) is 0.278. The molecule has 0 unspecified atom stereocenters. The summed E-state index contributed by atoms with van der Waals surface area (Å²) < 4.78 is 11.4. The van der Waals surface area contributed by atoms with E-state index in [0.29, 0.717) is 23.6 Å². The Morgan fingerprint density at radius 1 is 1.04 bits per heavy atom. The molecule has 2 aromatic rings. The van der Waals surface area contributed by atoms with Crippen LogP contribution in [-0.4, -0.2) is 20.1 Å². The summed E-state index contributed by atoms with van der Waals surface area (Å²) in [5.41, 5.74) is 3.85. The lowest BCUT2D eigenvalue weighted by molar-refractivity contribution is 0.0950. The molecule has 0 saturated heterocycles. The smallest absolute Gasteiger partial charge is 0.251 e. The summed E-state index contributed by atoms with van der Waals surface area (Å²) in [5.74, 6) is 1.17. The average molecular weight is 378 g/mol. The number of ether oxygens (including phenoxy) is 2. The zero-order chi connectivity index (χ0) is 17.0. The number of rotatable bonds is 5. The molecule has 0 aliphatic rings. The summed E-state index contributed by atoms with van der Waals surface area (Å²) in [6.45, 7) is 4.42. The van der Waals surface area contributed by atoms with Crippen LogP contribution in [0, 0.1) is 13.8 Å². The Kier molecular flexibility index (Phi) is 5.66. The molecule has 0 atom stereocenters. The molecule has 0 spiro atoms. The van der Waals surface area contributed by atoms with E-state index in [4.69, 9.17) is 9.47 Å². The molecule has 0 aromatic heterocycles. The molecule has 0 aliphatic carbocycles. The van der Waals surface area contributed by atoms with Crippen molar-refractivity contribution in [3.8, 4) is 11.5 Å². The van der Waals surface area contributed by atoms with Gasteiger partial charge in [-0.1, -0.05) is 22.0 Å². The number of aryl methyl sites for hydroxylation is 2. The number of hydrogen-bond donors (Lipinski definition) is 1. The van der Waals surface area contributed by atoms with Gasteiger partial charge < -0.3 is 14.8 Å². The van der Waals surface area contributed by atoms with Crippen LogP contribution in [0.2, 0.25) is 0 Å². The number of benzene rings is 2. The van der Waals surface area contributed by atoms with Crippen molar-refractivity contribution in [3.05, 3.63) is 57.1 Å². The fourth-order valence-corrected chi connectivity index (χ4v) is 2.65. The van der Waals surface area contributed by atoms with Gasteiger partial charge in [-0.05, 0) is 54.8 Å². The van der Waals surface area contributed by atoms with Gasteiger partial charge in [-0.15, -0.1) is 0 Å². The number of carbonyl (C=O) groups is 1. The van der Waals surface area contributed by atoms with Gasteiger partial charge in [-0.3, -0.25) is 4.79 Å². The van der Waals surface area contributed by atoms with Gasteiger partial charge in [0.05, 0.1) is 14.2 Å². The topological polar surface area (TPSA) is 47.6 Å². The third-order valence-corrected chi connectivity index (χ3v) is 4.50. The molecule has 0 fully saturated rings. The summed E-state index contributed by atoms with van der Waals surface area (Å²) >= 11 is 3.49. The van der Waals surface area contributed by atoms with Crippen molar-refractivity contribution in [2.45, 2.75) is 20.4 Å². The minimum atomic E-state index is -0.102. The van der Waals surface area contributed by atoms with Crippen LogP contribution in [0.15, 0.2) is 34.8 Å². The van der Waals surface area contributed by atoms with Gasteiger partial charge in [-0.25, -0.2) is 0 Å². The van der Waals surface area contributed by atoms with E-state index in [1.54, 1.807) is 14.2 Å². The largest absolute Gasteiger partial charge is 0.493 e. The number of amides is 1. The van der Waals surface area contributed by atoms with Gasteiger partial charge in [0, 0.05) is 16.6 Å². The maximum absolute atomic E-state index is 12.3. The Balaban J connectivity index is 2.13. The molecule has 0 aliphatic heterocycles. The first-order chi connectivity index (χ1) is 11.0. The second-order valence-corrected chi connectivity index (χ2v) is 6.13. The fourth-order valence-electron chi connectivity index (χ4n) is 2.19. The lowest BCUT2D eigenvalue weighted by Crippen LogP contribution is -2.23. The number of carbonyl (C=O) groups excluding carboxylic acids is 1. The lowest BCUT2D eigenvalue weighted by Gasteiger charge is -2.13. The second-order valence-electron chi connectivity index (χ2n) is 5.28. The lowest BCUT2D eigenvalue weighted by atomic mass is 10.1. The van der Waals surface area contributed by atoms with Crippen LogP contribution >= 0.6 is 15.9 Å². The first-order valence-electron chi connectivity index (χ1n) is 7.22. The minimum Gasteiger partial charge on any atom is -0.493 e. The highest BCUT2D eigenvalue weighted by atomic mass is 79.9. The highest BCUT2D eigenvalue weighted by molar-refractivity contribution is 9.10. The summed E-state index contributed by atoms with van der Waals surface area (Å²) in [6, 6.07) is 9.37. The highest BCUT2D eigenvalue weighted by Crippen LogP contribution is 2.33. The van der Waals surface area contributed by atoms with Crippen molar-refractivity contribution < 1.29 is 14.3 Å². The van der Waals surface area contributed by atoms with Crippen molar-refractivity contribution >= 4 is 21.8 Å². The molecule has 0 bridgehead atoms. The molecular weight excluding hydrogens is 358 g/mol. The predicted octanol–water partition coefficient (Wildman–Crippen LogP) is 4.01. The highest BCUT2D eigenvalue weighted by Gasteiger charge is 2.11. The van der Waals surface area contributed by atoms with Gasteiger partial charge in [0.2, 0.25) is 0 Å². The van der Waals surface area contributed by atoms with Crippen molar-refractivity contribution in [1.82, 2.24) is 5.32 Å². The van der Waals surface area contributed by atoms with Crippen molar-refractivity contribution in [3.63, 3.8) is 0 Å². The molecular formula is C18H20BrNO3. The molecule has 4 nitrogen and oxygen atoms in total. The summed E-state index contributed by atoms with van der Waals surface area (Å²) in [7, 11) is 3.18. The molecule has 0 radical (unpaired) electrons. The quantitative estimate of drug-likeness (QED) is 0.855. The van der Waals surface area contributed by atoms with E-state index in [1.165, 1.54) is 5.56 Å². The van der Waals surface area contributed by atoms with Crippen LogP contribution in [0.25, 0.3) is 0 Å². The predicted molar refractivity (Wildman–Crippen MR) is 94.3 cm³/mol. The Labute approximate surface area is 144 Å². The summed E-state index contributed by atoms with van der Waals surface area (Å²) in [5, 5.41) is 2.93. The molecule has 2 rings (SSSR count). The van der Waals surface area contributed by atoms with Crippen LogP contribution in [0.4, 0.5) is 0 Å². The van der Waals surface area contributed by atoms with Crippen molar-refractivity contribution in [1.29, 1.82) is 0 Å². The normalized spacial score (nSPS) is 10.3. The molecule has 1 amide bonds. The first kappa shape index (κ1) is 17.3. The second kappa shape index (κ2) is 7.51. The average Bonchev–Trinajstić information content (AvgIpc) is 2.55. The van der Waals surface area contributed by atoms with Crippen molar-refractivity contribution in [2.75, 3.05) is 14.2 Å². The van der Waals surface area contributed by atoms with E-state index in [1.807, 2.05) is 44.2 Å². The molecule has 5 heteroatoms. The number of methoxy groups -OCH3 is 2. The van der Waals surface area contributed by atoms with E-state index in [2.05, 4.69) is 21.2 Å². The standard InChI is InChI=1S/C18H20BrNO3/c1-11-5-6-13(7-12(11)2)18(21)20-10-14-8-16(22-3)17(23-4)9-15(14)19/h5-9H,10H2,1-4H3,(H,20,21). The Morgan fingerprint density at radius 3 is 2.30 bits per heavy atom. The van der Waals surface area contributed by atoms with Crippen molar-refractivity contribution in [2.24, 2.45) is 0 Å². The van der Waals surface area contributed by atoms with Gasteiger partial charge in [0.15, 0.2) is 11.5 Å². The zero-order valence-electron chi connectivity index (χ0n) is 13.7. The number of nitrogens with one attached hydrogen (secondary N) is 1. The molecule has 1 N–H and O–H groups in total. The van der Waals surface area contributed by atoms with E-state index in [-0.39, 0.29) is 5.91 Å². The summed E-state index contributed by atoms with van der Waals surface area (Å²) in [4.78, 5) is 12.3. The van der Waals surface area contributed by atoms with Crippen LogP contribution < -0.4 is 14.8 Å². The first-order valence-corrected chi connectivity index (χ1v) is 8.01. The van der Waals surface area contributed by atoms with E-state index in [9.17, 15) is 4.79 Å². The number of halogens is 1. The van der Waals surface area contributed by atoms with Crippen LogP contribution in [-0.2, 0) is 6.54 Å². The van der Waals surface area contributed by atoms with Gasteiger partial charge in [0.25, 0.3) is 5.91 Å². The Bertz CT molecular complexity index is 728. The molecule has 2 aromatic carbocycles. The van der Waals surface area contributed by atoms with Gasteiger partial charge in [-0.2, -0.15) is 0 Å². The van der Waals surface area contributed by atoms with Crippen LogP contribution in [0.5, 0.6) is 11.5 Å². The maximum Gasteiger partial charge on any atom is 0.251 e. The maximum atomic E-state index is 12.3. The third kappa shape index (κ3) is 4.05. The SMILES string of the molecule is COc1cc(Br)c(CNC(=O)c2ccc(C)c(C)c2)cc1OC.